The van der Waals surface area contributed by atoms with E-state index in [4.69, 9.17) is 17.3 Å². The number of nitrogens with two attached hydrogens (primary N) is 1. The normalized spacial score (nSPS) is 10.2. The van der Waals surface area contributed by atoms with E-state index in [-0.39, 0.29) is 5.02 Å². The molecule has 0 unspecified atom stereocenters. The summed E-state index contributed by atoms with van der Waals surface area (Å²) in [6.45, 7) is 0.535. The number of hydrogen-bond donors (Lipinski definition) is 1. The van der Waals surface area contributed by atoms with Gasteiger partial charge >= 0.3 is 0 Å². The lowest BCUT2D eigenvalue weighted by molar-refractivity contribution is 0.594. The van der Waals surface area contributed by atoms with Gasteiger partial charge in [-0.2, -0.15) is 0 Å². The molecule has 66 valence electrons. The Hall–Kier alpha value is -0.670. The van der Waals surface area contributed by atoms with Gasteiger partial charge in [-0.25, -0.2) is 4.39 Å². The van der Waals surface area contributed by atoms with Crippen LogP contribution < -0.4 is 5.73 Å². The lowest BCUT2D eigenvalue weighted by Crippen LogP contribution is -2.03. The predicted octanol–water partition coefficient (Wildman–Crippen LogP) is 1.77. The molecule has 0 aliphatic heterocycles. The second kappa shape index (κ2) is 4.38. The highest BCUT2D eigenvalue weighted by atomic mass is 35.5. The minimum absolute atomic E-state index is 0.122. The van der Waals surface area contributed by atoms with Crippen LogP contribution in [0.15, 0.2) is 12.3 Å². The maximum Gasteiger partial charge on any atom is 0.163 e. The van der Waals surface area contributed by atoms with Crippen molar-refractivity contribution in [2.45, 2.75) is 12.8 Å². The Morgan fingerprint density at radius 3 is 3.00 bits per heavy atom. The van der Waals surface area contributed by atoms with E-state index in [9.17, 15) is 4.39 Å². The molecule has 0 aromatic carbocycles. The van der Waals surface area contributed by atoms with Crippen LogP contribution in [0, 0.1) is 5.82 Å². The zero-order valence-electron chi connectivity index (χ0n) is 6.56. The minimum Gasteiger partial charge on any atom is -0.330 e. The Morgan fingerprint density at radius 2 is 2.33 bits per heavy atom. The minimum atomic E-state index is -0.424. The van der Waals surface area contributed by atoms with Gasteiger partial charge in [0.05, 0.1) is 10.7 Å². The second-order valence-corrected chi connectivity index (χ2v) is 2.85. The molecule has 12 heavy (non-hydrogen) atoms. The monoisotopic (exact) mass is 188 g/mol. The highest BCUT2D eigenvalue weighted by molar-refractivity contribution is 6.30. The first-order chi connectivity index (χ1) is 5.75. The standard InChI is InChI=1S/C8H10ClFN2/c9-6-3-5-12-7(8(6)10)2-1-4-11/h3,5H,1-2,4,11H2. The summed E-state index contributed by atoms with van der Waals surface area (Å²) in [6.07, 6.45) is 2.77. The summed E-state index contributed by atoms with van der Waals surface area (Å²) in [4.78, 5) is 3.86. The largest absolute Gasteiger partial charge is 0.330 e. The van der Waals surface area contributed by atoms with Crippen molar-refractivity contribution in [1.82, 2.24) is 4.98 Å². The molecule has 0 saturated heterocycles. The lowest BCUT2D eigenvalue weighted by atomic mass is 10.2. The van der Waals surface area contributed by atoms with Crippen LogP contribution in [0.25, 0.3) is 0 Å². The van der Waals surface area contributed by atoms with Crippen LogP contribution in [-0.2, 0) is 6.42 Å². The van der Waals surface area contributed by atoms with E-state index < -0.39 is 5.82 Å². The second-order valence-electron chi connectivity index (χ2n) is 2.45. The molecule has 0 fully saturated rings. The third kappa shape index (κ3) is 2.16. The van der Waals surface area contributed by atoms with Gasteiger partial charge in [-0.05, 0) is 25.5 Å². The molecule has 0 spiro atoms. The van der Waals surface area contributed by atoms with Crippen molar-refractivity contribution in [3.8, 4) is 0 Å². The van der Waals surface area contributed by atoms with Gasteiger partial charge in [0.15, 0.2) is 5.82 Å². The molecule has 0 radical (unpaired) electrons. The van der Waals surface area contributed by atoms with Crippen molar-refractivity contribution in [2.24, 2.45) is 5.73 Å². The molecular weight excluding hydrogens is 179 g/mol. The Bertz CT molecular complexity index is 265. The molecule has 0 aliphatic rings. The first-order valence-corrected chi connectivity index (χ1v) is 4.12. The summed E-state index contributed by atoms with van der Waals surface area (Å²) in [6, 6.07) is 1.43. The Balaban J connectivity index is 2.78. The highest BCUT2D eigenvalue weighted by Crippen LogP contribution is 2.16. The SMILES string of the molecule is NCCCc1nccc(Cl)c1F. The molecule has 2 N–H and O–H groups in total. The molecule has 4 heteroatoms. The van der Waals surface area contributed by atoms with Crippen molar-refractivity contribution < 1.29 is 4.39 Å². The Morgan fingerprint density at radius 1 is 1.58 bits per heavy atom. The van der Waals surface area contributed by atoms with Crippen LogP contribution in [-0.4, -0.2) is 11.5 Å². The lowest BCUT2D eigenvalue weighted by Gasteiger charge is -2.01. The van der Waals surface area contributed by atoms with E-state index in [1.165, 1.54) is 12.3 Å². The van der Waals surface area contributed by atoms with Gasteiger partial charge < -0.3 is 5.73 Å². The van der Waals surface area contributed by atoms with E-state index >= 15 is 0 Å². The quantitative estimate of drug-likeness (QED) is 0.785. The zero-order valence-corrected chi connectivity index (χ0v) is 7.31. The van der Waals surface area contributed by atoms with Crippen molar-refractivity contribution in [3.05, 3.63) is 28.8 Å². The van der Waals surface area contributed by atoms with Gasteiger partial charge in [-0.1, -0.05) is 11.6 Å². The number of pyridine rings is 1. The molecule has 0 bridgehead atoms. The molecular formula is C8H10ClFN2. The van der Waals surface area contributed by atoms with Crippen LogP contribution in [0.3, 0.4) is 0 Å². The van der Waals surface area contributed by atoms with E-state index in [1.54, 1.807) is 0 Å². The fraction of sp³-hybridized carbons (Fsp3) is 0.375. The van der Waals surface area contributed by atoms with Crippen LogP contribution in [0.1, 0.15) is 12.1 Å². The summed E-state index contributed by atoms with van der Waals surface area (Å²) < 4.78 is 13.1. The van der Waals surface area contributed by atoms with E-state index in [2.05, 4.69) is 4.98 Å². The fourth-order valence-electron chi connectivity index (χ4n) is 0.904. The summed E-state index contributed by atoms with van der Waals surface area (Å²) in [7, 11) is 0. The van der Waals surface area contributed by atoms with Crippen molar-refractivity contribution in [3.63, 3.8) is 0 Å². The first kappa shape index (κ1) is 9.42. The maximum absolute atomic E-state index is 13.1. The number of halogens is 2. The summed E-state index contributed by atoms with van der Waals surface area (Å²) in [5, 5.41) is 0.122. The van der Waals surface area contributed by atoms with E-state index in [0.717, 1.165) is 6.42 Å². The van der Waals surface area contributed by atoms with Crippen molar-refractivity contribution >= 4 is 11.6 Å². The van der Waals surface area contributed by atoms with Gasteiger partial charge in [-0.3, -0.25) is 4.98 Å². The first-order valence-electron chi connectivity index (χ1n) is 3.74. The average Bonchev–Trinajstić information content (AvgIpc) is 2.08. The van der Waals surface area contributed by atoms with Gasteiger partial charge in [0.25, 0.3) is 0 Å². The Kier molecular flexibility index (Phi) is 3.44. The van der Waals surface area contributed by atoms with Crippen LogP contribution in [0.4, 0.5) is 4.39 Å². The average molecular weight is 189 g/mol. The molecule has 0 amide bonds. The molecule has 1 aromatic rings. The number of nitrogens with zero attached hydrogens (tertiary/aromatic N) is 1. The Labute approximate surface area is 75.6 Å². The van der Waals surface area contributed by atoms with Gasteiger partial charge in [0.2, 0.25) is 0 Å². The molecule has 0 aliphatic carbocycles. The van der Waals surface area contributed by atoms with Crippen LogP contribution >= 0.6 is 11.6 Å². The topological polar surface area (TPSA) is 38.9 Å². The van der Waals surface area contributed by atoms with Gasteiger partial charge in [-0.15, -0.1) is 0 Å². The van der Waals surface area contributed by atoms with E-state index in [1.807, 2.05) is 0 Å². The highest BCUT2D eigenvalue weighted by Gasteiger charge is 2.06. The van der Waals surface area contributed by atoms with E-state index in [0.29, 0.717) is 18.7 Å². The smallest absolute Gasteiger partial charge is 0.163 e. The van der Waals surface area contributed by atoms with Crippen molar-refractivity contribution in [1.29, 1.82) is 0 Å². The molecule has 1 rings (SSSR count). The van der Waals surface area contributed by atoms with Crippen molar-refractivity contribution in [2.75, 3.05) is 6.54 Å². The number of aryl methyl sites for hydroxylation is 1. The number of rotatable bonds is 3. The molecule has 1 aromatic heterocycles. The van der Waals surface area contributed by atoms with Gasteiger partial charge in [0, 0.05) is 6.20 Å². The molecule has 1 heterocycles. The fourth-order valence-corrected chi connectivity index (χ4v) is 1.07. The van der Waals surface area contributed by atoms with Crippen LogP contribution in [0.5, 0.6) is 0 Å². The summed E-state index contributed by atoms with van der Waals surface area (Å²) in [5.41, 5.74) is 5.68. The molecule has 0 atom stereocenters. The summed E-state index contributed by atoms with van der Waals surface area (Å²) >= 11 is 5.55. The zero-order chi connectivity index (χ0) is 8.97. The molecule has 0 saturated carbocycles. The van der Waals surface area contributed by atoms with Crippen LogP contribution in [0.2, 0.25) is 5.02 Å². The summed E-state index contributed by atoms with van der Waals surface area (Å²) in [5.74, 6) is -0.424. The number of aromatic nitrogens is 1. The van der Waals surface area contributed by atoms with Gasteiger partial charge in [0.1, 0.15) is 0 Å². The number of hydrogen-bond acceptors (Lipinski definition) is 2. The maximum atomic E-state index is 13.1. The molecule has 2 nitrogen and oxygen atoms in total. The third-order valence-corrected chi connectivity index (χ3v) is 1.82. The third-order valence-electron chi connectivity index (χ3n) is 1.53. The predicted molar refractivity (Wildman–Crippen MR) is 46.6 cm³/mol.